The number of benzene rings is 3. The molecule has 204 valence electrons. The Labute approximate surface area is 234 Å². The Bertz CT molecular complexity index is 1330. The Kier molecular flexibility index (Phi) is 8.22. The van der Waals surface area contributed by atoms with Crippen LogP contribution in [0.4, 0.5) is 15.8 Å². The second kappa shape index (κ2) is 11.8. The molecule has 1 unspecified atom stereocenters. The van der Waals surface area contributed by atoms with Crippen molar-refractivity contribution in [2.75, 3.05) is 17.2 Å². The van der Waals surface area contributed by atoms with E-state index in [-0.39, 0.29) is 17.4 Å². The van der Waals surface area contributed by atoms with Gasteiger partial charge in [-0.2, -0.15) is 0 Å². The second-order valence-corrected chi connectivity index (χ2v) is 11.2. The van der Waals surface area contributed by atoms with Crippen molar-refractivity contribution in [1.29, 1.82) is 0 Å². The van der Waals surface area contributed by atoms with Crippen molar-refractivity contribution in [2.24, 2.45) is 5.92 Å². The monoisotopic (exact) mass is 547 g/mol. The summed E-state index contributed by atoms with van der Waals surface area (Å²) in [7, 11) is 0. The smallest absolute Gasteiger partial charge is 0.257 e. The Hall–Kier alpha value is -3.38. The number of halogens is 2. The van der Waals surface area contributed by atoms with Gasteiger partial charge in [0, 0.05) is 29.0 Å². The molecular formula is C32H35ClFN3O2. The lowest BCUT2D eigenvalue weighted by molar-refractivity contribution is -0.123. The van der Waals surface area contributed by atoms with Crippen LogP contribution >= 0.6 is 11.6 Å². The van der Waals surface area contributed by atoms with Gasteiger partial charge in [-0.3, -0.25) is 9.59 Å². The molecule has 0 bridgehead atoms. The minimum absolute atomic E-state index is 0.0633. The number of anilines is 2. The standard InChI is InChI=1S/C32H35ClFN3O2/c1-20-12-15-25(19-27(20)33)36-31(38)26-10-6-18-37(32(39)29-21(2)7-5-11-28(29)34)30(26)22-13-16-24(17-14-22)35-23-8-3-4-9-23/h5,7,11-17,19,23,26,30,35H,3-4,6,8-10,18H2,1-2H3,(H,36,38)/t26?,30-/m0/s1. The molecule has 3 aromatic rings. The molecule has 2 aliphatic rings. The van der Waals surface area contributed by atoms with Gasteiger partial charge in [-0.1, -0.05) is 54.8 Å². The minimum atomic E-state index is -0.546. The average molecular weight is 548 g/mol. The molecule has 1 aliphatic carbocycles. The molecule has 5 nitrogen and oxygen atoms in total. The third kappa shape index (κ3) is 5.96. The highest BCUT2D eigenvalue weighted by Crippen LogP contribution is 2.39. The normalized spacial score (nSPS) is 19.6. The fraction of sp³-hybridized carbons (Fsp3) is 0.375. The fourth-order valence-corrected chi connectivity index (χ4v) is 6.13. The molecule has 1 saturated heterocycles. The zero-order valence-corrected chi connectivity index (χ0v) is 23.2. The van der Waals surface area contributed by atoms with E-state index in [0.717, 1.165) is 16.8 Å². The summed E-state index contributed by atoms with van der Waals surface area (Å²) in [6.45, 7) is 4.09. The van der Waals surface area contributed by atoms with Gasteiger partial charge in [0.2, 0.25) is 5.91 Å². The first-order valence-electron chi connectivity index (χ1n) is 13.8. The number of nitrogens with zero attached hydrogens (tertiary/aromatic N) is 1. The number of hydrogen-bond donors (Lipinski definition) is 2. The van der Waals surface area contributed by atoms with Gasteiger partial charge < -0.3 is 15.5 Å². The number of nitrogens with one attached hydrogen (secondary N) is 2. The van der Waals surface area contributed by atoms with Crippen molar-refractivity contribution < 1.29 is 14.0 Å². The Morgan fingerprint density at radius 2 is 1.62 bits per heavy atom. The second-order valence-electron chi connectivity index (χ2n) is 10.8. The van der Waals surface area contributed by atoms with Crippen LogP contribution in [-0.2, 0) is 4.79 Å². The zero-order valence-electron chi connectivity index (χ0n) is 22.5. The molecule has 2 amide bonds. The first kappa shape index (κ1) is 27.2. The van der Waals surface area contributed by atoms with Crippen LogP contribution in [0.5, 0.6) is 0 Å². The molecular weight excluding hydrogens is 513 g/mol. The van der Waals surface area contributed by atoms with E-state index in [1.165, 1.54) is 31.7 Å². The maximum absolute atomic E-state index is 14.9. The molecule has 0 radical (unpaired) electrons. The van der Waals surface area contributed by atoms with Gasteiger partial charge in [-0.15, -0.1) is 0 Å². The van der Waals surface area contributed by atoms with Crippen LogP contribution in [0.15, 0.2) is 60.7 Å². The zero-order chi connectivity index (χ0) is 27.5. The summed E-state index contributed by atoms with van der Waals surface area (Å²) >= 11 is 6.30. The van der Waals surface area contributed by atoms with Crippen molar-refractivity contribution in [3.05, 3.63) is 93.8 Å². The van der Waals surface area contributed by atoms with Crippen LogP contribution in [0.3, 0.4) is 0 Å². The highest BCUT2D eigenvalue weighted by atomic mass is 35.5. The summed E-state index contributed by atoms with van der Waals surface area (Å²) in [5.41, 5.74) is 4.06. The Morgan fingerprint density at radius 3 is 2.31 bits per heavy atom. The Morgan fingerprint density at radius 1 is 0.897 bits per heavy atom. The quantitative estimate of drug-likeness (QED) is 0.332. The summed E-state index contributed by atoms with van der Waals surface area (Å²) in [5.74, 6) is -1.63. The Balaban J connectivity index is 1.47. The van der Waals surface area contributed by atoms with Crippen molar-refractivity contribution in [1.82, 2.24) is 4.90 Å². The molecule has 39 heavy (non-hydrogen) atoms. The van der Waals surface area contributed by atoms with E-state index >= 15 is 0 Å². The number of rotatable bonds is 6. The van der Waals surface area contributed by atoms with Gasteiger partial charge in [0.05, 0.1) is 17.5 Å². The summed E-state index contributed by atoms with van der Waals surface area (Å²) in [4.78, 5) is 29.2. The summed E-state index contributed by atoms with van der Waals surface area (Å²) < 4.78 is 14.9. The van der Waals surface area contributed by atoms with Gasteiger partial charge in [0.1, 0.15) is 5.82 Å². The topological polar surface area (TPSA) is 61.4 Å². The predicted molar refractivity (Wildman–Crippen MR) is 155 cm³/mol. The van der Waals surface area contributed by atoms with Crippen LogP contribution in [-0.4, -0.2) is 29.3 Å². The van der Waals surface area contributed by atoms with Crippen LogP contribution < -0.4 is 10.6 Å². The van der Waals surface area contributed by atoms with Gasteiger partial charge in [0.15, 0.2) is 0 Å². The third-order valence-electron chi connectivity index (χ3n) is 8.08. The highest BCUT2D eigenvalue weighted by molar-refractivity contribution is 6.31. The number of piperidine rings is 1. The largest absolute Gasteiger partial charge is 0.382 e. The maximum Gasteiger partial charge on any atom is 0.257 e. The first-order valence-corrected chi connectivity index (χ1v) is 14.2. The number of carbonyl (C=O) groups is 2. The van der Waals surface area contributed by atoms with E-state index in [1.54, 1.807) is 30.0 Å². The summed E-state index contributed by atoms with van der Waals surface area (Å²) in [5, 5.41) is 7.19. The number of aryl methyl sites for hydroxylation is 2. The van der Waals surface area contributed by atoms with Crippen LogP contribution in [0.1, 0.15) is 71.6 Å². The van der Waals surface area contributed by atoms with Crippen LogP contribution in [0, 0.1) is 25.6 Å². The van der Waals surface area contributed by atoms with Crippen molar-refractivity contribution in [2.45, 2.75) is 64.5 Å². The number of likely N-dealkylation sites (tertiary alicyclic amines) is 1. The molecule has 2 fully saturated rings. The molecule has 1 saturated carbocycles. The maximum atomic E-state index is 14.9. The molecule has 3 aromatic carbocycles. The minimum Gasteiger partial charge on any atom is -0.382 e. The first-order chi connectivity index (χ1) is 18.8. The predicted octanol–water partition coefficient (Wildman–Crippen LogP) is 7.68. The van der Waals surface area contributed by atoms with E-state index in [4.69, 9.17) is 11.6 Å². The van der Waals surface area contributed by atoms with E-state index in [9.17, 15) is 14.0 Å². The molecule has 1 heterocycles. The molecule has 2 atom stereocenters. The van der Waals surface area contributed by atoms with Gasteiger partial charge in [-0.25, -0.2) is 4.39 Å². The van der Waals surface area contributed by atoms with Crippen LogP contribution in [0.2, 0.25) is 5.02 Å². The van der Waals surface area contributed by atoms with Gasteiger partial charge in [-0.05, 0) is 86.6 Å². The molecule has 2 N–H and O–H groups in total. The van der Waals surface area contributed by atoms with Gasteiger partial charge in [0.25, 0.3) is 5.91 Å². The van der Waals surface area contributed by atoms with Crippen molar-refractivity contribution in [3.63, 3.8) is 0 Å². The lowest BCUT2D eigenvalue weighted by Crippen LogP contribution is -2.46. The van der Waals surface area contributed by atoms with Crippen LogP contribution in [0.25, 0.3) is 0 Å². The number of amides is 2. The third-order valence-corrected chi connectivity index (χ3v) is 8.49. The lowest BCUT2D eigenvalue weighted by Gasteiger charge is -2.41. The lowest BCUT2D eigenvalue weighted by atomic mass is 9.83. The van der Waals surface area contributed by atoms with Crippen molar-refractivity contribution >= 4 is 34.8 Å². The number of carbonyl (C=O) groups excluding carboxylic acids is 2. The van der Waals surface area contributed by atoms with E-state index in [2.05, 4.69) is 10.6 Å². The van der Waals surface area contributed by atoms with Crippen molar-refractivity contribution in [3.8, 4) is 0 Å². The van der Waals surface area contributed by atoms with E-state index in [0.29, 0.717) is 41.7 Å². The average Bonchev–Trinajstić information content (AvgIpc) is 3.44. The molecule has 7 heteroatoms. The molecule has 5 rings (SSSR count). The SMILES string of the molecule is Cc1ccc(NC(=O)C2CCCN(C(=O)c3c(C)cccc3F)[C@H]2c2ccc(NC3CCCC3)cc2)cc1Cl. The van der Waals surface area contributed by atoms with E-state index in [1.807, 2.05) is 43.3 Å². The molecule has 1 aliphatic heterocycles. The summed E-state index contributed by atoms with van der Waals surface area (Å²) in [6.07, 6.45) is 6.07. The van der Waals surface area contributed by atoms with E-state index < -0.39 is 17.8 Å². The highest BCUT2D eigenvalue weighted by Gasteiger charge is 2.40. The number of hydrogen-bond acceptors (Lipinski definition) is 3. The van der Waals surface area contributed by atoms with Gasteiger partial charge >= 0.3 is 0 Å². The molecule has 0 aromatic heterocycles. The fourth-order valence-electron chi connectivity index (χ4n) is 5.94. The molecule has 0 spiro atoms. The summed E-state index contributed by atoms with van der Waals surface area (Å²) in [6, 6.07) is 18.1.